The van der Waals surface area contributed by atoms with Crippen molar-refractivity contribution in [2.75, 3.05) is 13.2 Å². The molecule has 1 unspecified atom stereocenters. The number of aromatic nitrogens is 1. The van der Waals surface area contributed by atoms with Gasteiger partial charge in [0.2, 0.25) is 5.88 Å². The molecule has 0 spiro atoms. The van der Waals surface area contributed by atoms with Gasteiger partial charge in [-0.25, -0.2) is 13.8 Å². The lowest BCUT2D eigenvalue weighted by atomic mass is 10.2. The van der Waals surface area contributed by atoms with E-state index in [4.69, 9.17) is 9.15 Å². The molecule has 2 N–H and O–H groups in total. The van der Waals surface area contributed by atoms with E-state index in [2.05, 4.69) is 10.3 Å². The van der Waals surface area contributed by atoms with Crippen molar-refractivity contribution < 1.29 is 27.8 Å². The molecule has 2 rings (SSSR count). The number of furan rings is 1. The standard InChI is InChI=1S/C14H14F2N2O4/c15-12(16)8-22-14-9(3-1-5-17-14)13(20)18-10(7-19)11-4-2-6-21-11/h1-6,10,12,19H,7-8H2,(H,18,20). The summed E-state index contributed by atoms with van der Waals surface area (Å²) in [5.41, 5.74) is -0.00634. The lowest BCUT2D eigenvalue weighted by Gasteiger charge is -2.15. The number of halogens is 2. The predicted molar refractivity (Wildman–Crippen MR) is 71.7 cm³/mol. The van der Waals surface area contributed by atoms with Crippen molar-refractivity contribution in [3.63, 3.8) is 0 Å². The van der Waals surface area contributed by atoms with Crippen LogP contribution in [0, 0.1) is 0 Å². The highest BCUT2D eigenvalue weighted by Gasteiger charge is 2.20. The third-order valence-corrected chi connectivity index (χ3v) is 2.74. The fraction of sp³-hybridized carbons (Fsp3) is 0.286. The van der Waals surface area contributed by atoms with Gasteiger partial charge in [-0.3, -0.25) is 4.79 Å². The smallest absolute Gasteiger partial charge is 0.272 e. The summed E-state index contributed by atoms with van der Waals surface area (Å²) in [6.07, 6.45) is 0.0604. The summed E-state index contributed by atoms with van der Waals surface area (Å²) in [6.45, 7) is -1.24. The topological polar surface area (TPSA) is 84.6 Å². The highest BCUT2D eigenvalue weighted by atomic mass is 19.3. The quantitative estimate of drug-likeness (QED) is 0.814. The summed E-state index contributed by atoms with van der Waals surface area (Å²) in [4.78, 5) is 16.0. The zero-order valence-electron chi connectivity index (χ0n) is 11.4. The monoisotopic (exact) mass is 312 g/mol. The molecule has 0 saturated carbocycles. The van der Waals surface area contributed by atoms with Crippen molar-refractivity contribution in [2.45, 2.75) is 12.5 Å². The van der Waals surface area contributed by atoms with Crippen LogP contribution in [0.1, 0.15) is 22.2 Å². The molecule has 118 valence electrons. The molecule has 0 aliphatic rings. The maximum atomic E-state index is 12.2. The molecule has 1 amide bonds. The van der Waals surface area contributed by atoms with Crippen LogP contribution in [0.4, 0.5) is 8.78 Å². The number of aliphatic hydroxyl groups excluding tert-OH is 1. The summed E-state index contributed by atoms with van der Waals surface area (Å²) in [5, 5.41) is 11.8. The van der Waals surface area contributed by atoms with E-state index in [1.807, 2.05) is 0 Å². The van der Waals surface area contributed by atoms with Gasteiger partial charge in [-0.15, -0.1) is 0 Å². The average Bonchev–Trinajstić information content (AvgIpc) is 3.04. The molecule has 6 nitrogen and oxygen atoms in total. The van der Waals surface area contributed by atoms with Gasteiger partial charge in [0.25, 0.3) is 12.3 Å². The summed E-state index contributed by atoms with van der Waals surface area (Å²) in [7, 11) is 0. The second-order valence-corrected chi connectivity index (χ2v) is 4.28. The van der Waals surface area contributed by atoms with Crippen molar-refractivity contribution in [1.29, 1.82) is 0 Å². The zero-order chi connectivity index (χ0) is 15.9. The van der Waals surface area contributed by atoms with E-state index in [-0.39, 0.29) is 18.1 Å². The Morgan fingerprint density at radius 3 is 2.86 bits per heavy atom. The van der Waals surface area contributed by atoms with Crippen molar-refractivity contribution in [3.05, 3.63) is 48.0 Å². The third-order valence-electron chi connectivity index (χ3n) is 2.74. The molecule has 0 saturated heterocycles. The Balaban J connectivity index is 2.11. The van der Waals surface area contributed by atoms with Crippen LogP contribution in [0.2, 0.25) is 0 Å². The maximum absolute atomic E-state index is 12.2. The van der Waals surface area contributed by atoms with Crippen LogP contribution < -0.4 is 10.1 Å². The van der Waals surface area contributed by atoms with Crippen molar-refractivity contribution >= 4 is 5.91 Å². The lowest BCUT2D eigenvalue weighted by molar-refractivity contribution is 0.0766. The molecule has 0 aliphatic heterocycles. The van der Waals surface area contributed by atoms with Crippen LogP contribution in [-0.4, -0.2) is 35.6 Å². The molecule has 2 heterocycles. The molecule has 1 atom stereocenters. The fourth-order valence-corrected chi connectivity index (χ4v) is 1.75. The van der Waals surface area contributed by atoms with Gasteiger partial charge >= 0.3 is 0 Å². The Morgan fingerprint density at radius 1 is 1.41 bits per heavy atom. The highest BCUT2D eigenvalue weighted by Crippen LogP contribution is 2.18. The van der Waals surface area contributed by atoms with Crippen LogP contribution in [0.25, 0.3) is 0 Å². The first-order valence-electron chi connectivity index (χ1n) is 6.43. The molecule has 0 bridgehead atoms. The first-order chi connectivity index (χ1) is 10.6. The molecule has 2 aromatic rings. The van der Waals surface area contributed by atoms with E-state index >= 15 is 0 Å². The van der Waals surface area contributed by atoms with Gasteiger partial charge in [0.1, 0.15) is 17.4 Å². The lowest BCUT2D eigenvalue weighted by Crippen LogP contribution is -2.31. The van der Waals surface area contributed by atoms with Gasteiger partial charge in [-0.2, -0.15) is 0 Å². The Labute approximate surface area is 124 Å². The number of pyridine rings is 1. The van der Waals surface area contributed by atoms with Crippen molar-refractivity contribution in [1.82, 2.24) is 10.3 Å². The number of nitrogens with one attached hydrogen (secondary N) is 1. The third kappa shape index (κ3) is 4.01. The maximum Gasteiger partial charge on any atom is 0.272 e. The van der Waals surface area contributed by atoms with E-state index in [1.54, 1.807) is 12.1 Å². The van der Waals surface area contributed by atoms with Gasteiger partial charge in [0.15, 0.2) is 6.61 Å². The second-order valence-electron chi connectivity index (χ2n) is 4.28. The fourth-order valence-electron chi connectivity index (χ4n) is 1.75. The first kappa shape index (κ1) is 15.9. The number of amides is 1. The number of rotatable bonds is 7. The summed E-state index contributed by atoms with van der Waals surface area (Å²) in [6, 6.07) is 5.32. The molecule has 22 heavy (non-hydrogen) atoms. The highest BCUT2D eigenvalue weighted by molar-refractivity contribution is 5.96. The minimum absolute atomic E-state index is 0.00634. The van der Waals surface area contributed by atoms with Crippen LogP contribution >= 0.6 is 0 Å². The molecule has 0 radical (unpaired) electrons. The summed E-state index contributed by atoms with van der Waals surface area (Å²) >= 11 is 0. The first-order valence-corrected chi connectivity index (χ1v) is 6.43. The zero-order valence-corrected chi connectivity index (χ0v) is 11.4. The number of nitrogens with zero attached hydrogens (tertiary/aromatic N) is 1. The second kappa shape index (κ2) is 7.51. The van der Waals surface area contributed by atoms with Gasteiger partial charge in [-0.05, 0) is 24.3 Å². The van der Waals surface area contributed by atoms with Crippen molar-refractivity contribution in [2.24, 2.45) is 0 Å². The van der Waals surface area contributed by atoms with E-state index in [1.165, 1.54) is 24.6 Å². The minimum Gasteiger partial charge on any atom is -0.471 e. The Kier molecular flexibility index (Phi) is 5.42. The molecule has 0 aromatic carbocycles. The summed E-state index contributed by atoms with van der Waals surface area (Å²) in [5.74, 6) is -0.445. The Hall–Kier alpha value is -2.48. The molecule has 0 aliphatic carbocycles. The van der Waals surface area contributed by atoms with E-state index in [0.717, 1.165) is 0 Å². The number of hydrogen-bond acceptors (Lipinski definition) is 5. The van der Waals surface area contributed by atoms with Gasteiger partial charge in [0, 0.05) is 6.20 Å². The molecular weight excluding hydrogens is 298 g/mol. The number of ether oxygens (including phenoxy) is 1. The predicted octanol–water partition coefficient (Wildman–Crippen LogP) is 1.78. The normalized spacial score (nSPS) is 12.2. The number of aliphatic hydroxyl groups is 1. The van der Waals surface area contributed by atoms with E-state index in [0.29, 0.717) is 5.76 Å². The van der Waals surface area contributed by atoms with Crippen molar-refractivity contribution in [3.8, 4) is 5.88 Å². The molecule has 8 heteroatoms. The van der Waals surface area contributed by atoms with Crippen LogP contribution in [0.3, 0.4) is 0 Å². The van der Waals surface area contributed by atoms with E-state index < -0.39 is 25.0 Å². The van der Waals surface area contributed by atoms with Crippen LogP contribution in [0.5, 0.6) is 5.88 Å². The van der Waals surface area contributed by atoms with E-state index in [9.17, 15) is 18.7 Å². The molecule has 2 aromatic heterocycles. The molecule has 0 fully saturated rings. The SMILES string of the molecule is O=C(NC(CO)c1ccco1)c1cccnc1OCC(F)F. The van der Waals surface area contributed by atoms with Gasteiger partial charge in [0.05, 0.1) is 12.9 Å². The van der Waals surface area contributed by atoms with Crippen LogP contribution in [-0.2, 0) is 0 Å². The Bertz CT molecular complexity index is 605. The number of carbonyl (C=O) groups is 1. The van der Waals surface area contributed by atoms with Crippen LogP contribution in [0.15, 0.2) is 41.1 Å². The average molecular weight is 312 g/mol. The largest absolute Gasteiger partial charge is 0.471 e. The molecular formula is C14H14F2N2O4. The Morgan fingerprint density at radius 2 is 2.23 bits per heavy atom. The number of hydrogen-bond donors (Lipinski definition) is 2. The number of carbonyl (C=O) groups excluding carboxylic acids is 1. The summed E-state index contributed by atoms with van der Waals surface area (Å²) < 4.78 is 34.3. The van der Waals surface area contributed by atoms with Gasteiger partial charge in [-0.1, -0.05) is 0 Å². The number of alkyl halides is 2. The minimum atomic E-state index is -2.67. The van der Waals surface area contributed by atoms with Gasteiger partial charge < -0.3 is 19.6 Å².